The summed E-state index contributed by atoms with van der Waals surface area (Å²) < 4.78 is 31.0. The van der Waals surface area contributed by atoms with Crippen LogP contribution in [0.5, 0.6) is 11.5 Å². The molecule has 1 unspecified atom stereocenters. The number of H-pyrrole nitrogens is 1. The van der Waals surface area contributed by atoms with Gasteiger partial charge in [0.2, 0.25) is 0 Å². The van der Waals surface area contributed by atoms with Gasteiger partial charge in [0.05, 0.1) is 0 Å². The first-order valence-corrected chi connectivity index (χ1v) is 15.3. The van der Waals surface area contributed by atoms with Crippen LogP contribution in [0.3, 0.4) is 0 Å². The standard InChI is InChI=1S/C32H40N4O5S/c1-8-36(9-2)32(5,6)19-33-30(37)26-16-24-25(17-35(7)31(38)28(24)34-26)23-15-22(18-42(39)40)13-14-27(23)41-29-20(3)11-10-12-21(29)4/h10-17,34H,8-9,18-19H2,1-7H3,(H,33,37)(H,39,40)/p-1. The van der Waals surface area contributed by atoms with E-state index in [0.29, 0.717) is 40.1 Å². The number of benzene rings is 2. The summed E-state index contributed by atoms with van der Waals surface area (Å²) in [6.45, 7) is 14.4. The van der Waals surface area contributed by atoms with Crippen LogP contribution in [0.2, 0.25) is 0 Å². The van der Waals surface area contributed by atoms with E-state index < -0.39 is 11.1 Å². The fourth-order valence-electron chi connectivity index (χ4n) is 5.43. The summed E-state index contributed by atoms with van der Waals surface area (Å²) in [5.74, 6) is 0.710. The van der Waals surface area contributed by atoms with Crippen LogP contribution < -0.4 is 15.6 Å². The fourth-order valence-corrected chi connectivity index (χ4v) is 5.88. The van der Waals surface area contributed by atoms with Gasteiger partial charge >= 0.3 is 0 Å². The number of rotatable bonds is 11. The number of carbonyl (C=O) groups excluding carboxylic acids is 1. The van der Waals surface area contributed by atoms with Crippen LogP contribution in [0.1, 0.15) is 54.9 Å². The number of aryl methyl sites for hydroxylation is 3. The highest BCUT2D eigenvalue weighted by atomic mass is 32.2. The van der Waals surface area contributed by atoms with Crippen LogP contribution in [0, 0.1) is 13.8 Å². The number of hydrogen-bond acceptors (Lipinski definition) is 6. The molecule has 0 spiro atoms. The Morgan fingerprint density at radius 1 is 1.10 bits per heavy atom. The van der Waals surface area contributed by atoms with E-state index in [1.807, 2.05) is 32.0 Å². The maximum atomic E-state index is 13.3. The van der Waals surface area contributed by atoms with Crippen molar-refractivity contribution in [3.05, 3.63) is 81.4 Å². The van der Waals surface area contributed by atoms with Crippen LogP contribution in [0.25, 0.3) is 22.0 Å². The van der Waals surface area contributed by atoms with Gasteiger partial charge in [-0.05, 0) is 75.7 Å². The summed E-state index contributed by atoms with van der Waals surface area (Å²) in [4.78, 5) is 31.8. The first-order valence-electron chi connectivity index (χ1n) is 14.0. The molecule has 1 amide bonds. The van der Waals surface area contributed by atoms with E-state index in [4.69, 9.17) is 4.74 Å². The molecule has 0 saturated carbocycles. The average Bonchev–Trinajstić information content (AvgIpc) is 3.38. The average molecular weight is 592 g/mol. The number of aromatic amines is 1. The zero-order valence-electron chi connectivity index (χ0n) is 25.3. The minimum absolute atomic E-state index is 0.172. The Labute approximate surface area is 249 Å². The van der Waals surface area contributed by atoms with Crippen LogP contribution in [0.15, 0.2) is 53.5 Å². The lowest BCUT2D eigenvalue weighted by Gasteiger charge is -2.37. The zero-order valence-corrected chi connectivity index (χ0v) is 26.1. The van der Waals surface area contributed by atoms with E-state index in [1.54, 1.807) is 37.5 Å². The third-order valence-electron chi connectivity index (χ3n) is 7.75. The first-order chi connectivity index (χ1) is 19.9. The molecule has 4 aromatic rings. The summed E-state index contributed by atoms with van der Waals surface area (Å²) in [6, 6.07) is 12.8. The summed E-state index contributed by atoms with van der Waals surface area (Å²) >= 11 is -2.29. The van der Waals surface area contributed by atoms with Crippen LogP contribution in [-0.2, 0) is 23.9 Å². The molecule has 0 bridgehead atoms. The minimum atomic E-state index is -2.29. The lowest BCUT2D eigenvalue weighted by atomic mass is 10.00. The topological polar surface area (TPSA) is 119 Å². The van der Waals surface area contributed by atoms with Crippen molar-refractivity contribution in [1.29, 1.82) is 0 Å². The molecule has 0 saturated heterocycles. The van der Waals surface area contributed by atoms with Crippen LogP contribution in [0.4, 0.5) is 0 Å². The second-order valence-electron chi connectivity index (χ2n) is 11.2. The van der Waals surface area contributed by atoms with E-state index in [0.717, 1.165) is 24.2 Å². The molecular formula is C32H39N4O5S-. The van der Waals surface area contributed by atoms with E-state index in [-0.39, 0.29) is 34.0 Å². The van der Waals surface area contributed by atoms with Crippen molar-refractivity contribution in [1.82, 2.24) is 19.8 Å². The second kappa shape index (κ2) is 12.6. The number of pyridine rings is 1. The van der Waals surface area contributed by atoms with E-state index in [2.05, 4.69) is 42.9 Å². The van der Waals surface area contributed by atoms with Gasteiger partial charge in [0.1, 0.15) is 22.7 Å². The molecule has 0 fully saturated rings. The molecule has 0 radical (unpaired) electrons. The molecule has 2 heterocycles. The molecule has 0 aliphatic heterocycles. The van der Waals surface area contributed by atoms with Crippen molar-refractivity contribution in [2.75, 3.05) is 19.6 Å². The normalized spacial score (nSPS) is 12.6. The summed E-state index contributed by atoms with van der Waals surface area (Å²) in [5, 5.41) is 3.56. The number of ether oxygens (including phenoxy) is 1. The maximum Gasteiger partial charge on any atom is 0.274 e. The molecule has 10 heteroatoms. The van der Waals surface area contributed by atoms with Crippen LogP contribution >= 0.6 is 0 Å². The molecular weight excluding hydrogens is 552 g/mol. The molecule has 42 heavy (non-hydrogen) atoms. The van der Waals surface area contributed by atoms with Gasteiger partial charge < -0.3 is 24.2 Å². The summed E-state index contributed by atoms with van der Waals surface area (Å²) in [7, 11) is 1.64. The molecule has 9 nitrogen and oxygen atoms in total. The molecule has 2 N–H and O–H groups in total. The zero-order chi connectivity index (χ0) is 30.8. The van der Waals surface area contributed by atoms with Crippen molar-refractivity contribution in [2.24, 2.45) is 7.05 Å². The molecule has 1 atom stereocenters. The Balaban J connectivity index is 1.83. The highest BCUT2D eigenvalue weighted by Crippen LogP contribution is 2.39. The highest BCUT2D eigenvalue weighted by Gasteiger charge is 2.26. The van der Waals surface area contributed by atoms with Crippen molar-refractivity contribution >= 4 is 27.9 Å². The quantitative estimate of drug-likeness (QED) is 0.232. The first kappa shape index (κ1) is 31.2. The molecule has 0 aliphatic rings. The van der Waals surface area contributed by atoms with Gasteiger partial charge in [0.15, 0.2) is 0 Å². The number of hydrogen-bond donors (Lipinski definition) is 2. The Hall–Kier alpha value is -3.73. The van der Waals surface area contributed by atoms with E-state index in [9.17, 15) is 18.4 Å². The van der Waals surface area contributed by atoms with Gasteiger partial charge in [-0.3, -0.25) is 18.7 Å². The molecule has 2 aromatic heterocycles. The Bertz CT molecular complexity index is 1680. The number of carbonyl (C=O) groups is 1. The van der Waals surface area contributed by atoms with Crippen molar-refractivity contribution in [2.45, 2.75) is 52.8 Å². The minimum Gasteiger partial charge on any atom is -0.772 e. The predicted octanol–water partition coefficient (Wildman–Crippen LogP) is 5.17. The maximum absolute atomic E-state index is 13.3. The molecule has 4 rings (SSSR count). The smallest absolute Gasteiger partial charge is 0.274 e. The third-order valence-corrected chi connectivity index (χ3v) is 8.32. The molecule has 0 aliphatic carbocycles. The van der Waals surface area contributed by atoms with E-state index in [1.165, 1.54) is 4.57 Å². The predicted molar refractivity (Wildman–Crippen MR) is 167 cm³/mol. The number of nitrogens with one attached hydrogen (secondary N) is 2. The van der Waals surface area contributed by atoms with Gasteiger partial charge in [-0.2, -0.15) is 0 Å². The lowest BCUT2D eigenvalue weighted by molar-refractivity contribution is 0.0881. The number of aromatic nitrogens is 2. The highest BCUT2D eigenvalue weighted by molar-refractivity contribution is 7.78. The van der Waals surface area contributed by atoms with Gasteiger partial charge in [0, 0.05) is 47.6 Å². The third kappa shape index (κ3) is 6.51. The summed E-state index contributed by atoms with van der Waals surface area (Å²) in [6.07, 6.45) is 1.69. The van der Waals surface area contributed by atoms with Crippen molar-refractivity contribution < 1.29 is 18.3 Å². The number of fused-ring (bicyclic) bond motifs is 1. The van der Waals surface area contributed by atoms with Crippen molar-refractivity contribution in [3.63, 3.8) is 0 Å². The van der Waals surface area contributed by atoms with E-state index >= 15 is 0 Å². The summed E-state index contributed by atoms with van der Waals surface area (Å²) in [5.41, 5.74) is 3.70. The van der Waals surface area contributed by atoms with Gasteiger partial charge in [-0.15, -0.1) is 0 Å². The number of likely N-dealkylation sites (N-methyl/N-ethyl adjacent to an activating group) is 1. The van der Waals surface area contributed by atoms with Crippen molar-refractivity contribution in [3.8, 4) is 22.6 Å². The monoisotopic (exact) mass is 591 g/mol. The molecule has 2 aromatic carbocycles. The Morgan fingerprint density at radius 2 is 1.76 bits per heavy atom. The van der Waals surface area contributed by atoms with Gasteiger partial charge in [0.25, 0.3) is 11.5 Å². The fraction of sp³-hybridized carbons (Fsp3) is 0.375. The van der Waals surface area contributed by atoms with Gasteiger partial charge in [-0.1, -0.05) is 49.2 Å². The number of nitrogens with zero attached hydrogens (tertiary/aromatic N) is 2. The van der Waals surface area contributed by atoms with Crippen LogP contribution in [-0.4, -0.2) is 54.3 Å². The second-order valence-corrected chi connectivity index (χ2v) is 12.1. The number of amides is 1. The number of para-hydroxylation sites is 1. The molecule has 224 valence electrons. The van der Waals surface area contributed by atoms with Gasteiger partial charge in [-0.25, -0.2) is 0 Å². The largest absolute Gasteiger partial charge is 0.772 e. The lowest BCUT2D eigenvalue weighted by Crippen LogP contribution is -2.51. The Kier molecular flexibility index (Phi) is 9.40. The Morgan fingerprint density at radius 3 is 2.38 bits per heavy atom. The SMILES string of the molecule is CCN(CC)C(C)(C)CNC(=O)c1cc2c(-c3cc(CS(=O)[O-])ccc3Oc3c(C)cccc3C)cn(C)c(=O)c2[nH]1.